The van der Waals surface area contributed by atoms with Gasteiger partial charge in [-0.1, -0.05) is 37.3 Å². The number of carbonyl (C=O) groups excluding carboxylic acids is 4. The number of aryl methyl sites for hydroxylation is 1. The summed E-state index contributed by atoms with van der Waals surface area (Å²) in [5, 5.41) is 20.5. The normalized spacial score (nSPS) is 22.3. The van der Waals surface area contributed by atoms with Gasteiger partial charge < -0.3 is 25.4 Å². The van der Waals surface area contributed by atoms with Gasteiger partial charge in [-0.25, -0.2) is 19.3 Å². The number of aromatic nitrogens is 5. The van der Waals surface area contributed by atoms with E-state index in [0.29, 0.717) is 66.8 Å². The molecular weight excluding hydrogens is 807 g/mol. The van der Waals surface area contributed by atoms with Crippen molar-refractivity contribution in [1.29, 1.82) is 0 Å². The predicted molar refractivity (Wildman–Crippen MR) is 233 cm³/mol. The van der Waals surface area contributed by atoms with Gasteiger partial charge in [-0.3, -0.25) is 39.1 Å². The second-order valence-electron chi connectivity index (χ2n) is 16.5. The molecule has 6 heterocycles. The van der Waals surface area contributed by atoms with Crippen LogP contribution in [-0.4, -0.2) is 132 Å². The molecule has 0 radical (unpaired) electrons. The first-order valence-corrected chi connectivity index (χ1v) is 21.7. The first-order chi connectivity index (χ1) is 30.6. The second-order valence-corrected chi connectivity index (χ2v) is 16.5. The number of anilines is 2. The molecule has 3 atom stereocenters. The average Bonchev–Trinajstić information content (AvgIpc) is 3.87. The Balaban J connectivity index is 0.739. The molecular formula is C45H51N11O7. The van der Waals surface area contributed by atoms with Crippen molar-refractivity contribution in [3.8, 4) is 5.82 Å². The summed E-state index contributed by atoms with van der Waals surface area (Å²) >= 11 is 0. The maximum atomic E-state index is 13.5. The van der Waals surface area contributed by atoms with E-state index in [9.17, 15) is 29.1 Å². The van der Waals surface area contributed by atoms with Gasteiger partial charge in [-0.05, 0) is 61.9 Å². The maximum absolute atomic E-state index is 13.5. The van der Waals surface area contributed by atoms with E-state index in [4.69, 9.17) is 14.7 Å². The number of pyridine rings is 1. The molecule has 3 aromatic heterocycles. The summed E-state index contributed by atoms with van der Waals surface area (Å²) < 4.78 is 9.17. The van der Waals surface area contributed by atoms with Crippen molar-refractivity contribution in [3.63, 3.8) is 0 Å². The van der Waals surface area contributed by atoms with Crippen LogP contribution in [0.4, 0.5) is 11.6 Å². The van der Waals surface area contributed by atoms with Gasteiger partial charge in [0.25, 0.3) is 17.4 Å². The Morgan fingerprint density at radius 1 is 1.03 bits per heavy atom. The van der Waals surface area contributed by atoms with Gasteiger partial charge in [0.15, 0.2) is 11.5 Å². The number of ether oxygens (including phenoxy) is 1. The molecule has 4 N–H and O–H groups in total. The summed E-state index contributed by atoms with van der Waals surface area (Å²) in [6, 6.07) is 7.78. The van der Waals surface area contributed by atoms with E-state index in [1.165, 1.54) is 5.70 Å². The Labute approximate surface area is 363 Å². The Bertz CT molecular complexity index is 2630. The molecule has 2 unspecified atom stereocenters. The van der Waals surface area contributed by atoms with Crippen LogP contribution < -0.4 is 21.5 Å². The second kappa shape index (κ2) is 17.3. The van der Waals surface area contributed by atoms with Crippen LogP contribution in [0, 0.1) is 0 Å². The van der Waals surface area contributed by atoms with Crippen molar-refractivity contribution in [2.75, 3.05) is 63.1 Å². The molecule has 4 aromatic rings. The minimum Gasteiger partial charge on any atom is -0.384 e. The number of hydrogen-bond acceptors (Lipinski definition) is 14. The van der Waals surface area contributed by atoms with Gasteiger partial charge in [-0.15, -0.1) is 6.58 Å². The lowest BCUT2D eigenvalue weighted by molar-refractivity contribution is -0.136. The molecule has 2 fully saturated rings. The molecule has 0 saturated carbocycles. The predicted octanol–water partition coefficient (Wildman–Crippen LogP) is 2.48. The molecule has 63 heavy (non-hydrogen) atoms. The summed E-state index contributed by atoms with van der Waals surface area (Å²) in [5.74, 6) is -1.24. The zero-order valence-corrected chi connectivity index (χ0v) is 35.2. The Kier molecular flexibility index (Phi) is 11.5. The number of rotatable bonds is 15. The summed E-state index contributed by atoms with van der Waals surface area (Å²) in [6.45, 7) is 11.7. The van der Waals surface area contributed by atoms with Crippen molar-refractivity contribution in [2.45, 2.75) is 69.7 Å². The Hall–Kier alpha value is -6.50. The lowest BCUT2D eigenvalue weighted by Crippen LogP contribution is -2.54. The number of nitrogens with zero attached hydrogens (tertiary/aromatic N) is 8. The molecule has 328 valence electrons. The number of fused-ring (bicyclic) bond motifs is 3. The van der Waals surface area contributed by atoms with Crippen LogP contribution in [0.25, 0.3) is 16.9 Å². The zero-order valence-electron chi connectivity index (χ0n) is 35.2. The average molecular weight is 858 g/mol. The van der Waals surface area contributed by atoms with Crippen molar-refractivity contribution in [3.05, 3.63) is 106 Å². The zero-order chi connectivity index (χ0) is 43.8. The minimum absolute atomic E-state index is 0.0504. The first-order valence-electron chi connectivity index (χ1n) is 21.7. The van der Waals surface area contributed by atoms with Crippen molar-refractivity contribution in [1.82, 2.24) is 44.3 Å². The van der Waals surface area contributed by atoms with Crippen LogP contribution >= 0.6 is 0 Å². The van der Waals surface area contributed by atoms with Crippen molar-refractivity contribution >= 4 is 46.3 Å². The van der Waals surface area contributed by atoms with Crippen LogP contribution in [0.15, 0.2) is 77.9 Å². The number of allylic oxidation sites excluding steroid dienone is 2. The van der Waals surface area contributed by atoms with E-state index in [1.807, 2.05) is 19.1 Å². The van der Waals surface area contributed by atoms with Crippen LogP contribution in [0.2, 0.25) is 0 Å². The van der Waals surface area contributed by atoms with Gasteiger partial charge in [0.1, 0.15) is 17.0 Å². The first kappa shape index (κ1) is 41.8. The van der Waals surface area contributed by atoms with Gasteiger partial charge in [-0.2, -0.15) is 4.98 Å². The minimum atomic E-state index is -1.01. The van der Waals surface area contributed by atoms with Crippen molar-refractivity contribution in [2.24, 2.45) is 0 Å². The fourth-order valence-corrected chi connectivity index (χ4v) is 9.18. The Morgan fingerprint density at radius 3 is 2.63 bits per heavy atom. The third-order valence-corrected chi connectivity index (χ3v) is 12.7. The lowest BCUT2D eigenvalue weighted by atomic mass is 9.98. The molecule has 4 amide bonds. The van der Waals surface area contributed by atoms with Crippen LogP contribution in [0.5, 0.6) is 0 Å². The molecule has 5 aliphatic rings. The molecule has 0 bridgehead atoms. The van der Waals surface area contributed by atoms with E-state index in [-0.39, 0.29) is 42.1 Å². The molecule has 2 saturated heterocycles. The number of piperazine rings is 1. The number of nitrogens with one attached hydrogen (secondary N) is 3. The SMILES string of the molecule is C=CCn1c(=O)c2cnc(NC3C=CC(N4CCN(CCOCCNc5cccc6c5C(=O)N(C5CCC(=O)NC5=O)C6=O)CC4)=CC3)nc2n1-c1ccc2c(n1)[C@@](O)(CC)CC2. The van der Waals surface area contributed by atoms with Gasteiger partial charge in [0, 0.05) is 63.3 Å². The van der Waals surface area contributed by atoms with Crippen LogP contribution in [-0.2, 0) is 32.9 Å². The quantitative estimate of drug-likeness (QED) is 0.0770. The van der Waals surface area contributed by atoms with Crippen LogP contribution in [0.1, 0.15) is 71.0 Å². The highest BCUT2D eigenvalue weighted by atomic mass is 16.5. The molecule has 18 nitrogen and oxygen atoms in total. The van der Waals surface area contributed by atoms with Gasteiger partial charge >= 0.3 is 0 Å². The van der Waals surface area contributed by atoms with Crippen molar-refractivity contribution < 1.29 is 29.0 Å². The molecule has 18 heteroatoms. The van der Waals surface area contributed by atoms with E-state index in [2.05, 4.69) is 55.5 Å². The third-order valence-electron chi connectivity index (χ3n) is 12.7. The summed E-state index contributed by atoms with van der Waals surface area (Å²) in [6.07, 6.45) is 12.5. The molecule has 9 rings (SSSR count). The lowest BCUT2D eigenvalue weighted by Gasteiger charge is -2.37. The number of benzene rings is 1. The van der Waals surface area contributed by atoms with Gasteiger partial charge in [0.05, 0.1) is 42.6 Å². The number of hydrogen-bond donors (Lipinski definition) is 4. The smallest absolute Gasteiger partial charge is 0.278 e. The summed E-state index contributed by atoms with van der Waals surface area (Å²) in [4.78, 5) is 84.0. The summed E-state index contributed by atoms with van der Waals surface area (Å²) in [7, 11) is 0. The number of imide groups is 2. The van der Waals surface area contributed by atoms with E-state index in [1.54, 1.807) is 39.8 Å². The topological polar surface area (TPSA) is 209 Å². The number of amides is 4. The van der Waals surface area contributed by atoms with E-state index in [0.717, 1.165) is 56.0 Å². The van der Waals surface area contributed by atoms with Crippen LogP contribution in [0.3, 0.4) is 0 Å². The molecule has 0 spiro atoms. The maximum Gasteiger partial charge on any atom is 0.278 e. The summed E-state index contributed by atoms with van der Waals surface area (Å²) in [5.41, 5.74) is 2.98. The molecule has 2 aliphatic carbocycles. The Morgan fingerprint density at radius 2 is 1.87 bits per heavy atom. The molecule has 3 aliphatic heterocycles. The largest absolute Gasteiger partial charge is 0.384 e. The fourth-order valence-electron chi connectivity index (χ4n) is 9.18. The number of piperidine rings is 1. The monoisotopic (exact) mass is 857 g/mol. The van der Waals surface area contributed by atoms with E-state index < -0.39 is 35.3 Å². The third kappa shape index (κ3) is 7.93. The highest BCUT2D eigenvalue weighted by Crippen LogP contribution is 2.38. The van der Waals surface area contributed by atoms with E-state index >= 15 is 0 Å². The number of carbonyl (C=O) groups is 4. The van der Waals surface area contributed by atoms with Gasteiger partial charge in [0.2, 0.25) is 17.8 Å². The fraction of sp³-hybridized carbons (Fsp3) is 0.422. The highest BCUT2D eigenvalue weighted by molar-refractivity contribution is 6.25. The number of aliphatic hydroxyl groups is 1. The highest BCUT2D eigenvalue weighted by Gasteiger charge is 2.45. The molecule has 1 aromatic carbocycles. The standard InChI is InChI=1S/C45H51N11O7/c1-3-19-54-41(59)32-27-47-44(51-39(32)56(54)35-14-8-28-16-17-45(62,4-2)38(28)49-35)48-29-9-11-30(12-10-29)53-22-20-52(21-23-53)24-26-63-25-18-46-33-7-5-6-31-37(33)43(61)55(42(31)60)34-13-15-36(57)50-40(34)58/h3,5-9,11-12,14,27,29,34,46,62H,1,4,10,13,15-26H2,2H3,(H,47,48,51)(H,50,57,58)/t29?,34?,45-/m1/s1.